The van der Waals surface area contributed by atoms with Crippen LogP contribution in [0.15, 0.2) is 18.2 Å². The van der Waals surface area contributed by atoms with Gasteiger partial charge in [0.2, 0.25) is 5.82 Å². The molecule has 1 N–H and O–H groups in total. The normalized spacial score (nSPS) is 23.9. The van der Waals surface area contributed by atoms with E-state index in [4.69, 9.17) is 0 Å². The summed E-state index contributed by atoms with van der Waals surface area (Å²) in [6.07, 6.45) is -0.236. The number of benzene rings is 1. The number of aliphatic carboxylic acids is 1. The standard InChI is InChI=1S/C12H12FNO6S/c13-9-5-8(1-2-10(9)14(17)18)6-12(11(15)16)3-4-21(19,20)7-12/h1-2,5H,3-4,6-7H2,(H,15,16). The Kier molecular flexibility index (Phi) is 3.70. The van der Waals surface area contributed by atoms with Crippen LogP contribution in [0, 0.1) is 21.3 Å². The fourth-order valence-electron chi connectivity index (χ4n) is 2.50. The zero-order valence-corrected chi connectivity index (χ0v) is 11.6. The van der Waals surface area contributed by atoms with Crippen molar-refractivity contribution in [3.63, 3.8) is 0 Å². The van der Waals surface area contributed by atoms with Gasteiger partial charge in [-0.25, -0.2) is 8.42 Å². The van der Waals surface area contributed by atoms with E-state index in [1.165, 1.54) is 6.07 Å². The van der Waals surface area contributed by atoms with E-state index in [1.54, 1.807) is 0 Å². The van der Waals surface area contributed by atoms with E-state index in [1.807, 2.05) is 0 Å². The van der Waals surface area contributed by atoms with Crippen LogP contribution < -0.4 is 0 Å². The number of halogens is 1. The number of carbonyl (C=O) groups is 1. The molecule has 21 heavy (non-hydrogen) atoms. The molecule has 0 saturated carbocycles. The molecule has 9 heteroatoms. The minimum atomic E-state index is -3.43. The second-order valence-corrected chi connectivity index (χ2v) is 7.33. The zero-order chi connectivity index (χ0) is 15.8. The summed E-state index contributed by atoms with van der Waals surface area (Å²) in [5.74, 6) is -3.07. The Morgan fingerprint density at radius 2 is 2.14 bits per heavy atom. The number of carboxylic acids is 1. The third-order valence-electron chi connectivity index (χ3n) is 3.59. The van der Waals surface area contributed by atoms with E-state index >= 15 is 0 Å². The first-order chi connectivity index (χ1) is 9.65. The van der Waals surface area contributed by atoms with Crippen molar-refractivity contribution < 1.29 is 27.6 Å². The van der Waals surface area contributed by atoms with Gasteiger partial charge in [-0.1, -0.05) is 6.07 Å². The van der Waals surface area contributed by atoms with Crippen molar-refractivity contribution in [1.82, 2.24) is 0 Å². The molecule has 114 valence electrons. The Morgan fingerprint density at radius 1 is 1.48 bits per heavy atom. The lowest BCUT2D eigenvalue weighted by atomic mass is 9.81. The van der Waals surface area contributed by atoms with Crippen LogP contribution in [-0.2, 0) is 21.1 Å². The summed E-state index contributed by atoms with van der Waals surface area (Å²) in [5.41, 5.74) is -1.98. The van der Waals surface area contributed by atoms with E-state index in [0.717, 1.165) is 12.1 Å². The zero-order valence-electron chi connectivity index (χ0n) is 10.8. The molecule has 0 spiro atoms. The van der Waals surface area contributed by atoms with Gasteiger partial charge in [0.1, 0.15) is 0 Å². The van der Waals surface area contributed by atoms with E-state index in [9.17, 15) is 32.8 Å². The van der Waals surface area contributed by atoms with Crippen LogP contribution in [0.2, 0.25) is 0 Å². The van der Waals surface area contributed by atoms with Crippen LogP contribution in [0.3, 0.4) is 0 Å². The molecule has 1 atom stereocenters. The first-order valence-corrected chi connectivity index (χ1v) is 7.84. The van der Waals surface area contributed by atoms with Crippen molar-refractivity contribution >= 4 is 21.5 Å². The molecule has 1 fully saturated rings. The van der Waals surface area contributed by atoms with E-state index in [2.05, 4.69) is 0 Å². The van der Waals surface area contributed by atoms with E-state index < -0.39 is 43.4 Å². The lowest BCUT2D eigenvalue weighted by Crippen LogP contribution is -2.34. The Bertz CT molecular complexity index is 716. The maximum Gasteiger partial charge on any atom is 0.311 e. The van der Waals surface area contributed by atoms with Gasteiger partial charge in [0.15, 0.2) is 9.84 Å². The van der Waals surface area contributed by atoms with E-state index in [0.29, 0.717) is 0 Å². The maximum atomic E-state index is 13.5. The predicted octanol–water partition coefficient (Wildman–Crippen LogP) is 1.17. The Hall–Kier alpha value is -2.03. The molecular formula is C12H12FNO6S. The van der Waals surface area contributed by atoms with Gasteiger partial charge in [-0.15, -0.1) is 0 Å². The van der Waals surface area contributed by atoms with Crippen LogP contribution >= 0.6 is 0 Å². The lowest BCUT2D eigenvalue weighted by Gasteiger charge is -2.22. The van der Waals surface area contributed by atoms with Crippen LogP contribution in [0.5, 0.6) is 0 Å². The molecule has 1 unspecified atom stereocenters. The van der Waals surface area contributed by atoms with Crippen molar-refractivity contribution in [3.05, 3.63) is 39.7 Å². The van der Waals surface area contributed by atoms with Crippen molar-refractivity contribution in [3.8, 4) is 0 Å². The van der Waals surface area contributed by atoms with Gasteiger partial charge in [0.25, 0.3) is 0 Å². The predicted molar refractivity (Wildman–Crippen MR) is 70.1 cm³/mol. The molecule has 2 rings (SSSR count). The van der Waals surface area contributed by atoms with Gasteiger partial charge < -0.3 is 5.11 Å². The Morgan fingerprint density at radius 3 is 2.57 bits per heavy atom. The highest BCUT2D eigenvalue weighted by Gasteiger charge is 2.48. The molecule has 0 bridgehead atoms. The van der Waals surface area contributed by atoms with Crippen molar-refractivity contribution in [2.45, 2.75) is 12.8 Å². The number of nitro benzene ring substituents is 1. The fraction of sp³-hybridized carbons (Fsp3) is 0.417. The smallest absolute Gasteiger partial charge is 0.311 e. The van der Waals surface area contributed by atoms with Crippen LogP contribution in [0.4, 0.5) is 10.1 Å². The third kappa shape index (κ3) is 3.02. The monoisotopic (exact) mass is 317 g/mol. The molecule has 1 aromatic rings. The molecule has 1 heterocycles. The average molecular weight is 317 g/mol. The number of sulfone groups is 1. The number of carboxylic acid groups (broad SMARTS) is 1. The Balaban J connectivity index is 2.33. The topological polar surface area (TPSA) is 115 Å². The SMILES string of the molecule is O=C(O)C1(Cc2ccc([N+](=O)[O-])c(F)c2)CCS(=O)(=O)C1. The summed E-state index contributed by atoms with van der Waals surface area (Å²) >= 11 is 0. The largest absolute Gasteiger partial charge is 0.481 e. The third-order valence-corrected chi connectivity index (χ3v) is 5.41. The van der Waals surface area contributed by atoms with Gasteiger partial charge >= 0.3 is 11.7 Å². The second-order valence-electron chi connectivity index (χ2n) is 5.15. The summed E-state index contributed by atoms with van der Waals surface area (Å²) in [6.45, 7) is 0. The first kappa shape index (κ1) is 15.4. The van der Waals surface area contributed by atoms with Gasteiger partial charge in [0.05, 0.1) is 21.8 Å². The molecule has 7 nitrogen and oxygen atoms in total. The van der Waals surface area contributed by atoms with Crippen LogP contribution in [0.1, 0.15) is 12.0 Å². The minimum absolute atomic E-state index is 0.0523. The summed E-state index contributed by atoms with van der Waals surface area (Å²) in [5, 5.41) is 19.8. The number of nitrogens with zero attached hydrogens (tertiary/aromatic N) is 1. The molecular weight excluding hydrogens is 305 g/mol. The van der Waals surface area contributed by atoms with Crippen LogP contribution in [-0.4, -0.2) is 35.9 Å². The summed E-state index contributed by atoms with van der Waals surface area (Å²) in [7, 11) is -3.43. The maximum absolute atomic E-state index is 13.5. The van der Waals surface area contributed by atoms with Crippen LogP contribution in [0.25, 0.3) is 0 Å². The molecule has 0 radical (unpaired) electrons. The second kappa shape index (κ2) is 5.06. The quantitative estimate of drug-likeness (QED) is 0.658. The van der Waals surface area contributed by atoms with Crippen molar-refractivity contribution in [1.29, 1.82) is 0 Å². The number of hydrogen-bond acceptors (Lipinski definition) is 5. The first-order valence-electron chi connectivity index (χ1n) is 6.02. The van der Waals surface area contributed by atoms with Crippen molar-refractivity contribution in [2.24, 2.45) is 5.41 Å². The highest BCUT2D eigenvalue weighted by Crippen LogP contribution is 2.36. The summed E-state index contributed by atoms with van der Waals surface area (Å²) in [6, 6.07) is 3.08. The number of rotatable bonds is 4. The number of hydrogen-bond donors (Lipinski definition) is 1. The van der Waals surface area contributed by atoms with E-state index in [-0.39, 0.29) is 24.2 Å². The molecule has 0 aliphatic carbocycles. The highest BCUT2D eigenvalue weighted by molar-refractivity contribution is 7.91. The van der Waals surface area contributed by atoms with Gasteiger partial charge in [-0.2, -0.15) is 4.39 Å². The number of nitro groups is 1. The van der Waals surface area contributed by atoms with Crippen molar-refractivity contribution in [2.75, 3.05) is 11.5 Å². The van der Waals surface area contributed by atoms with Gasteiger partial charge in [-0.05, 0) is 24.5 Å². The Labute approximate surface area is 119 Å². The summed E-state index contributed by atoms with van der Waals surface area (Å²) in [4.78, 5) is 21.1. The molecule has 1 aliphatic rings. The molecule has 1 aromatic carbocycles. The van der Waals surface area contributed by atoms with Gasteiger partial charge in [-0.3, -0.25) is 14.9 Å². The molecule has 0 aromatic heterocycles. The fourth-order valence-corrected chi connectivity index (χ4v) is 4.56. The minimum Gasteiger partial charge on any atom is -0.481 e. The lowest BCUT2D eigenvalue weighted by molar-refractivity contribution is -0.387. The molecule has 1 aliphatic heterocycles. The average Bonchev–Trinajstić information content (AvgIpc) is 2.65. The highest BCUT2D eigenvalue weighted by atomic mass is 32.2. The van der Waals surface area contributed by atoms with Gasteiger partial charge in [0, 0.05) is 6.07 Å². The molecule has 0 amide bonds. The summed E-state index contributed by atoms with van der Waals surface area (Å²) < 4.78 is 36.6. The molecule has 1 saturated heterocycles.